The highest BCUT2D eigenvalue weighted by atomic mass is 32.2. The molecule has 0 spiro atoms. The summed E-state index contributed by atoms with van der Waals surface area (Å²) in [6, 6.07) is 13.2. The smallest absolute Gasteiger partial charge is 0.331 e. The Bertz CT molecular complexity index is 1320. The summed E-state index contributed by atoms with van der Waals surface area (Å²) < 4.78 is 9.84. The molecule has 0 unspecified atom stereocenters. The fourth-order valence-electron chi connectivity index (χ4n) is 5.27. The maximum Gasteiger partial charge on any atom is 0.331 e. The number of carbonyl (C=O) groups excluding carboxylic acids is 2. The van der Waals surface area contributed by atoms with Gasteiger partial charge in [-0.3, -0.25) is 9.59 Å². The van der Waals surface area contributed by atoms with Crippen LogP contribution in [0.15, 0.2) is 60.2 Å². The number of nitrogens with one attached hydrogen (secondary N) is 2. The van der Waals surface area contributed by atoms with Crippen LogP contribution in [0.3, 0.4) is 0 Å². The van der Waals surface area contributed by atoms with E-state index in [-0.39, 0.29) is 23.3 Å². The second kappa shape index (κ2) is 16.2. The van der Waals surface area contributed by atoms with E-state index >= 15 is 0 Å². The molecule has 9 nitrogen and oxygen atoms in total. The normalized spacial score (nSPS) is 14.4. The van der Waals surface area contributed by atoms with Gasteiger partial charge in [-0.25, -0.2) is 4.79 Å². The first-order chi connectivity index (χ1) is 21.0. The van der Waals surface area contributed by atoms with Gasteiger partial charge in [0.25, 0.3) is 0 Å². The van der Waals surface area contributed by atoms with Crippen LogP contribution >= 0.6 is 11.8 Å². The number of benzene rings is 2. The molecular weight excluding hydrogens is 590 g/mol. The zero-order valence-corrected chi connectivity index (χ0v) is 29.4. The van der Waals surface area contributed by atoms with Crippen molar-refractivity contribution in [2.75, 3.05) is 28.3 Å². The van der Waals surface area contributed by atoms with Crippen molar-refractivity contribution in [2.24, 2.45) is 5.92 Å². The molecular formula is C35H51N3O6S. The fourth-order valence-corrected chi connectivity index (χ4v) is 6.33. The van der Waals surface area contributed by atoms with Crippen molar-refractivity contribution >= 4 is 29.5 Å². The molecule has 0 aromatic heterocycles. The summed E-state index contributed by atoms with van der Waals surface area (Å²) in [6.07, 6.45) is 1.60. The number of thioether (sulfide) groups is 1. The zero-order valence-electron chi connectivity index (χ0n) is 28.6. The van der Waals surface area contributed by atoms with E-state index in [1.165, 1.54) is 6.92 Å². The molecule has 0 heterocycles. The van der Waals surface area contributed by atoms with E-state index in [1.807, 2.05) is 90.1 Å². The molecule has 3 atom stereocenters. The lowest BCUT2D eigenvalue weighted by Gasteiger charge is -2.41. The van der Waals surface area contributed by atoms with Gasteiger partial charge in [0.2, 0.25) is 11.8 Å². The number of carboxylic acid groups (broad SMARTS) is 1. The van der Waals surface area contributed by atoms with Crippen molar-refractivity contribution in [3.63, 3.8) is 0 Å². The number of likely N-dealkylation sites (N-methyl/N-ethyl adjacent to an activating group) is 2. The van der Waals surface area contributed by atoms with Crippen LogP contribution in [0.25, 0.3) is 0 Å². The van der Waals surface area contributed by atoms with E-state index < -0.39 is 34.3 Å². The van der Waals surface area contributed by atoms with Crippen molar-refractivity contribution in [1.82, 2.24) is 15.5 Å². The van der Waals surface area contributed by atoms with Gasteiger partial charge in [-0.05, 0) is 69.1 Å². The molecule has 0 bridgehead atoms. The van der Waals surface area contributed by atoms with Gasteiger partial charge < -0.3 is 30.1 Å². The number of amides is 2. The van der Waals surface area contributed by atoms with E-state index in [2.05, 4.69) is 10.6 Å². The Kier molecular flexibility index (Phi) is 13.5. The minimum Gasteiger partial charge on any atom is -0.497 e. The van der Waals surface area contributed by atoms with E-state index in [0.717, 1.165) is 22.6 Å². The van der Waals surface area contributed by atoms with Crippen molar-refractivity contribution in [3.05, 3.63) is 71.3 Å². The van der Waals surface area contributed by atoms with Gasteiger partial charge in [0.15, 0.2) is 0 Å². The largest absolute Gasteiger partial charge is 0.497 e. The number of rotatable bonds is 16. The Morgan fingerprint density at radius 1 is 0.933 bits per heavy atom. The number of hydrogen-bond acceptors (Lipinski definition) is 7. The Balaban J connectivity index is 2.49. The first-order valence-electron chi connectivity index (χ1n) is 15.1. The third kappa shape index (κ3) is 9.74. The van der Waals surface area contributed by atoms with Crippen LogP contribution in [0.4, 0.5) is 0 Å². The average molecular weight is 642 g/mol. The molecule has 2 aromatic carbocycles. The maximum atomic E-state index is 14.4. The van der Waals surface area contributed by atoms with Gasteiger partial charge in [0.05, 0.1) is 26.3 Å². The van der Waals surface area contributed by atoms with Crippen LogP contribution in [0.1, 0.15) is 59.6 Å². The monoisotopic (exact) mass is 641 g/mol. The Morgan fingerprint density at radius 2 is 1.44 bits per heavy atom. The third-order valence-electron chi connectivity index (χ3n) is 8.34. The van der Waals surface area contributed by atoms with Gasteiger partial charge in [-0.1, -0.05) is 58.0 Å². The molecule has 0 saturated heterocycles. The quantitative estimate of drug-likeness (QED) is 0.212. The van der Waals surface area contributed by atoms with Gasteiger partial charge in [0, 0.05) is 28.5 Å². The first kappa shape index (κ1) is 37.7. The van der Waals surface area contributed by atoms with Crippen molar-refractivity contribution in [3.8, 4) is 11.5 Å². The SMILES string of the molecule is CN[C@H](C(=O)N[C@H](C(=O)N(C)[C@H](/C=C(\C)C(=O)O)C(C)C)C(C)(C)SCc1ccc(OC)cc1)C(C)(C)c1ccc(OC)cc1. The van der Waals surface area contributed by atoms with Gasteiger partial charge in [-0.15, -0.1) is 11.8 Å². The van der Waals surface area contributed by atoms with E-state index in [4.69, 9.17) is 9.47 Å². The predicted octanol–water partition coefficient (Wildman–Crippen LogP) is 5.28. The standard InChI is InChI=1S/C35H51N3O6S/c1-22(2)28(20-23(3)33(41)42)38(9)32(40)30(35(6,7)45-21-24-12-16-26(43-10)17-13-24)37-31(39)29(36-8)34(4,5)25-14-18-27(44-11)19-15-25/h12-20,22,28-30,36H,21H2,1-11H3,(H,37,39)(H,41,42)/b23-20+/t28-,29-,30-/m1/s1. The molecule has 45 heavy (non-hydrogen) atoms. The average Bonchev–Trinajstić information content (AvgIpc) is 3.00. The summed E-state index contributed by atoms with van der Waals surface area (Å²) in [4.78, 5) is 41.7. The van der Waals surface area contributed by atoms with Crippen LogP contribution in [-0.2, 0) is 25.6 Å². The summed E-state index contributed by atoms with van der Waals surface area (Å²) in [6.45, 7) is 13.2. The highest BCUT2D eigenvalue weighted by Crippen LogP contribution is 2.34. The summed E-state index contributed by atoms with van der Waals surface area (Å²) >= 11 is 1.56. The Morgan fingerprint density at radius 3 is 1.89 bits per heavy atom. The maximum absolute atomic E-state index is 14.4. The summed E-state index contributed by atoms with van der Waals surface area (Å²) in [5, 5.41) is 15.8. The second-order valence-corrected chi connectivity index (χ2v) is 14.3. The summed E-state index contributed by atoms with van der Waals surface area (Å²) in [5.41, 5.74) is 1.49. The molecule has 10 heteroatoms. The molecule has 3 N–H and O–H groups in total. The number of carboxylic acids is 1. The second-order valence-electron chi connectivity index (χ2n) is 12.7. The van der Waals surface area contributed by atoms with Crippen molar-refractivity contribution < 1.29 is 29.0 Å². The Hall–Kier alpha value is -3.50. The topological polar surface area (TPSA) is 117 Å². The van der Waals surface area contributed by atoms with E-state index in [9.17, 15) is 19.5 Å². The van der Waals surface area contributed by atoms with Crippen LogP contribution in [0, 0.1) is 5.92 Å². The van der Waals surface area contributed by atoms with Gasteiger partial charge >= 0.3 is 5.97 Å². The van der Waals surface area contributed by atoms with E-state index in [0.29, 0.717) is 5.75 Å². The molecule has 0 saturated carbocycles. The molecule has 0 aliphatic heterocycles. The molecule has 2 rings (SSSR count). The molecule has 0 aliphatic rings. The lowest BCUT2D eigenvalue weighted by atomic mass is 9.77. The Labute approximate surface area is 273 Å². The molecule has 248 valence electrons. The van der Waals surface area contributed by atoms with Crippen LogP contribution in [-0.4, -0.2) is 79.0 Å². The molecule has 2 aromatic rings. The number of nitrogens with zero attached hydrogens (tertiary/aromatic N) is 1. The van der Waals surface area contributed by atoms with Gasteiger partial charge in [0.1, 0.15) is 17.5 Å². The van der Waals surface area contributed by atoms with Crippen LogP contribution < -0.4 is 20.1 Å². The predicted molar refractivity (Wildman–Crippen MR) is 182 cm³/mol. The van der Waals surface area contributed by atoms with Gasteiger partial charge in [-0.2, -0.15) is 0 Å². The first-order valence-corrected chi connectivity index (χ1v) is 16.1. The van der Waals surface area contributed by atoms with E-state index in [1.54, 1.807) is 51.1 Å². The highest BCUT2D eigenvalue weighted by molar-refractivity contribution is 7.99. The lowest BCUT2D eigenvalue weighted by molar-refractivity contribution is -0.138. The minimum absolute atomic E-state index is 0.0706. The van der Waals surface area contributed by atoms with Crippen molar-refractivity contribution in [2.45, 2.75) is 82.5 Å². The third-order valence-corrected chi connectivity index (χ3v) is 9.80. The summed E-state index contributed by atoms with van der Waals surface area (Å²) in [5.74, 6) is 0.336. The van der Waals surface area contributed by atoms with Crippen LogP contribution in [0.5, 0.6) is 11.5 Å². The van der Waals surface area contributed by atoms with Crippen molar-refractivity contribution in [1.29, 1.82) is 0 Å². The molecule has 0 radical (unpaired) electrons. The van der Waals surface area contributed by atoms with Crippen LogP contribution in [0.2, 0.25) is 0 Å². The number of methoxy groups -OCH3 is 2. The number of carbonyl (C=O) groups is 3. The fraction of sp³-hybridized carbons (Fsp3) is 0.514. The molecule has 0 fully saturated rings. The summed E-state index contributed by atoms with van der Waals surface area (Å²) in [7, 11) is 6.62. The molecule has 0 aliphatic carbocycles. The number of ether oxygens (including phenoxy) is 2. The zero-order chi connectivity index (χ0) is 34.1. The number of aliphatic carboxylic acids is 1. The minimum atomic E-state index is -1.04. The highest BCUT2D eigenvalue weighted by Gasteiger charge is 2.43. The molecule has 2 amide bonds. The lowest BCUT2D eigenvalue weighted by Crippen LogP contribution is -2.63. The number of hydrogen-bond donors (Lipinski definition) is 3.